The summed E-state index contributed by atoms with van der Waals surface area (Å²) in [6.45, 7) is 7.09. The number of nitrogens with one attached hydrogen (secondary N) is 1. The Labute approximate surface area is 141 Å². The third-order valence-corrected chi connectivity index (χ3v) is 3.82. The number of amides is 1. The smallest absolute Gasteiger partial charge is 0.220 e. The van der Waals surface area contributed by atoms with E-state index in [1.54, 1.807) is 0 Å². The van der Waals surface area contributed by atoms with E-state index in [9.17, 15) is 4.79 Å². The Hall–Kier alpha value is -2.09. The zero-order valence-electron chi connectivity index (χ0n) is 14.4. The SMILES string of the molecule is CCCC(=O)NCc1cccc(-c2ccc(CC(C)C)cc2)c1.[HH]. The maximum absolute atomic E-state index is 11.6. The van der Waals surface area contributed by atoms with Crippen LogP contribution in [-0.2, 0) is 17.8 Å². The van der Waals surface area contributed by atoms with Gasteiger partial charge in [-0.2, -0.15) is 0 Å². The maximum atomic E-state index is 11.6. The first-order valence-electron chi connectivity index (χ1n) is 8.53. The number of hydrogen-bond donors (Lipinski definition) is 1. The molecule has 0 aliphatic carbocycles. The number of carbonyl (C=O) groups excluding carboxylic acids is 1. The maximum Gasteiger partial charge on any atom is 0.220 e. The summed E-state index contributed by atoms with van der Waals surface area (Å²) in [5.74, 6) is 0.798. The van der Waals surface area contributed by atoms with Crippen molar-refractivity contribution in [2.75, 3.05) is 0 Å². The molecule has 0 atom stereocenters. The molecule has 2 heteroatoms. The number of rotatable bonds is 7. The van der Waals surface area contributed by atoms with Crippen molar-refractivity contribution in [1.82, 2.24) is 5.32 Å². The molecule has 0 heterocycles. The Morgan fingerprint density at radius 2 is 1.78 bits per heavy atom. The topological polar surface area (TPSA) is 29.1 Å². The van der Waals surface area contributed by atoms with E-state index in [4.69, 9.17) is 0 Å². The quantitative estimate of drug-likeness (QED) is 0.746. The lowest BCUT2D eigenvalue weighted by Gasteiger charge is -2.09. The molecule has 0 saturated heterocycles. The van der Waals surface area contributed by atoms with Gasteiger partial charge in [-0.25, -0.2) is 0 Å². The van der Waals surface area contributed by atoms with Gasteiger partial charge in [0, 0.05) is 14.4 Å². The van der Waals surface area contributed by atoms with Crippen LogP contribution in [-0.4, -0.2) is 5.91 Å². The first-order valence-corrected chi connectivity index (χ1v) is 8.53. The fraction of sp³-hybridized carbons (Fsp3) is 0.381. The summed E-state index contributed by atoms with van der Waals surface area (Å²) in [7, 11) is 0. The molecule has 1 N–H and O–H groups in total. The highest BCUT2D eigenvalue weighted by atomic mass is 16.1. The first kappa shape index (κ1) is 17.3. The van der Waals surface area contributed by atoms with Crippen LogP contribution in [0, 0.1) is 5.92 Å². The second-order valence-electron chi connectivity index (χ2n) is 6.52. The monoisotopic (exact) mass is 311 g/mol. The second kappa shape index (κ2) is 8.52. The lowest BCUT2D eigenvalue weighted by Crippen LogP contribution is -2.21. The lowest BCUT2D eigenvalue weighted by atomic mass is 9.98. The Balaban J connectivity index is 0.00000288. The van der Waals surface area contributed by atoms with Crippen molar-refractivity contribution in [3.63, 3.8) is 0 Å². The van der Waals surface area contributed by atoms with Gasteiger partial charge in [0.15, 0.2) is 0 Å². The highest BCUT2D eigenvalue weighted by molar-refractivity contribution is 5.75. The van der Waals surface area contributed by atoms with E-state index in [-0.39, 0.29) is 7.33 Å². The summed E-state index contributed by atoms with van der Waals surface area (Å²) < 4.78 is 0. The predicted octanol–water partition coefficient (Wildman–Crippen LogP) is 5.21. The number of benzene rings is 2. The highest BCUT2D eigenvalue weighted by Gasteiger charge is 2.03. The molecular formula is C21H29NO. The van der Waals surface area contributed by atoms with E-state index in [2.05, 4.69) is 67.7 Å². The van der Waals surface area contributed by atoms with E-state index in [0.29, 0.717) is 18.9 Å². The summed E-state index contributed by atoms with van der Waals surface area (Å²) >= 11 is 0. The largest absolute Gasteiger partial charge is 0.352 e. The third kappa shape index (κ3) is 5.55. The molecule has 0 saturated carbocycles. The molecule has 0 spiro atoms. The fourth-order valence-corrected chi connectivity index (χ4v) is 2.68. The van der Waals surface area contributed by atoms with Gasteiger partial charge < -0.3 is 5.32 Å². The average Bonchev–Trinajstić information content (AvgIpc) is 2.54. The van der Waals surface area contributed by atoms with Crippen molar-refractivity contribution in [2.45, 2.75) is 46.6 Å². The zero-order chi connectivity index (χ0) is 16.7. The third-order valence-electron chi connectivity index (χ3n) is 3.82. The van der Waals surface area contributed by atoms with Gasteiger partial charge in [0.1, 0.15) is 0 Å². The van der Waals surface area contributed by atoms with Crippen LogP contribution < -0.4 is 5.32 Å². The minimum absolute atomic E-state index is 0. The van der Waals surface area contributed by atoms with Crippen molar-refractivity contribution in [3.8, 4) is 11.1 Å². The zero-order valence-corrected chi connectivity index (χ0v) is 14.4. The average molecular weight is 311 g/mol. The second-order valence-corrected chi connectivity index (χ2v) is 6.52. The molecule has 0 unspecified atom stereocenters. The van der Waals surface area contributed by atoms with Crippen LogP contribution in [0.25, 0.3) is 11.1 Å². The van der Waals surface area contributed by atoms with Crippen molar-refractivity contribution < 1.29 is 6.22 Å². The summed E-state index contributed by atoms with van der Waals surface area (Å²) in [4.78, 5) is 11.6. The molecule has 2 nitrogen and oxygen atoms in total. The van der Waals surface area contributed by atoms with Crippen LogP contribution in [0.3, 0.4) is 0 Å². The van der Waals surface area contributed by atoms with Gasteiger partial charge >= 0.3 is 0 Å². The molecule has 0 bridgehead atoms. The molecule has 124 valence electrons. The predicted molar refractivity (Wildman–Crippen MR) is 99.3 cm³/mol. The molecule has 23 heavy (non-hydrogen) atoms. The van der Waals surface area contributed by atoms with Gasteiger partial charge in [0.05, 0.1) is 0 Å². The number of carbonyl (C=O) groups is 1. The molecule has 0 fully saturated rings. The first-order chi connectivity index (χ1) is 11.1. The van der Waals surface area contributed by atoms with E-state index in [0.717, 1.165) is 18.4 Å². The van der Waals surface area contributed by atoms with Crippen molar-refractivity contribution in [1.29, 1.82) is 0 Å². The van der Waals surface area contributed by atoms with E-state index in [1.165, 1.54) is 16.7 Å². The minimum Gasteiger partial charge on any atom is -0.352 e. The van der Waals surface area contributed by atoms with Crippen LogP contribution in [0.4, 0.5) is 0 Å². The van der Waals surface area contributed by atoms with Gasteiger partial charge in [-0.3, -0.25) is 4.79 Å². The number of hydrogen-bond acceptors (Lipinski definition) is 1. The summed E-state index contributed by atoms with van der Waals surface area (Å²) in [5.41, 5.74) is 4.94. The highest BCUT2D eigenvalue weighted by Crippen LogP contribution is 2.22. The van der Waals surface area contributed by atoms with Crippen LogP contribution in [0.15, 0.2) is 48.5 Å². The molecule has 2 rings (SSSR count). The fourth-order valence-electron chi connectivity index (χ4n) is 2.68. The molecule has 2 aromatic rings. The summed E-state index contributed by atoms with van der Waals surface area (Å²) in [5, 5.41) is 2.97. The molecule has 0 radical (unpaired) electrons. The molecule has 0 aliphatic rings. The standard InChI is InChI=1S/C21H27NO.H2/c1-4-6-21(23)22-15-18-7-5-8-20(14-18)19-11-9-17(10-12-19)13-16(2)3;/h5,7-12,14,16H,4,6,13,15H2,1-3H3,(H,22,23);1H. The van der Waals surface area contributed by atoms with Gasteiger partial charge in [-0.15, -0.1) is 0 Å². The van der Waals surface area contributed by atoms with Crippen molar-refractivity contribution >= 4 is 5.91 Å². The van der Waals surface area contributed by atoms with E-state index < -0.39 is 0 Å². The Bertz CT molecular complexity index is 635. The van der Waals surface area contributed by atoms with Crippen LogP contribution in [0.5, 0.6) is 0 Å². The van der Waals surface area contributed by atoms with Crippen LogP contribution in [0.1, 0.15) is 46.2 Å². The Morgan fingerprint density at radius 3 is 2.43 bits per heavy atom. The lowest BCUT2D eigenvalue weighted by molar-refractivity contribution is -0.121. The summed E-state index contributed by atoms with van der Waals surface area (Å²) in [6, 6.07) is 17.2. The van der Waals surface area contributed by atoms with Crippen molar-refractivity contribution in [3.05, 3.63) is 59.7 Å². The molecule has 0 aliphatic heterocycles. The van der Waals surface area contributed by atoms with Crippen LogP contribution >= 0.6 is 0 Å². The Morgan fingerprint density at radius 1 is 1.04 bits per heavy atom. The van der Waals surface area contributed by atoms with E-state index >= 15 is 0 Å². The molecule has 0 aromatic heterocycles. The van der Waals surface area contributed by atoms with Gasteiger partial charge in [-0.1, -0.05) is 63.2 Å². The minimum atomic E-state index is 0. The van der Waals surface area contributed by atoms with Gasteiger partial charge in [0.25, 0.3) is 0 Å². The molecule has 1 amide bonds. The molecular weight excluding hydrogens is 282 g/mol. The summed E-state index contributed by atoms with van der Waals surface area (Å²) in [6.07, 6.45) is 2.59. The molecule has 2 aromatic carbocycles. The van der Waals surface area contributed by atoms with Gasteiger partial charge in [0.2, 0.25) is 5.91 Å². The van der Waals surface area contributed by atoms with Gasteiger partial charge in [-0.05, 0) is 47.1 Å². The van der Waals surface area contributed by atoms with E-state index in [1.807, 2.05) is 6.92 Å². The van der Waals surface area contributed by atoms with Crippen molar-refractivity contribution in [2.24, 2.45) is 5.92 Å². The normalized spacial score (nSPS) is 10.8. The Kier molecular flexibility index (Phi) is 6.40. The van der Waals surface area contributed by atoms with Crippen LogP contribution in [0.2, 0.25) is 0 Å².